The van der Waals surface area contributed by atoms with Crippen LogP contribution in [0.5, 0.6) is 0 Å². The molecule has 0 aromatic carbocycles. The second-order valence-electron chi connectivity index (χ2n) is 2.89. The number of nitrogens with one attached hydrogen (secondary N) is 1. The van der Waals surface area contributed by atoms with E-state index in [9.17, 15) is 0 Å². The molecule has 0 bridgehead atoms. The fourth-order valence-electron chi connectivity index (χ4n) is 1.36. The van der Waals surface area contributed by atoms with Crippen molar-refractivity contribution in [3.63, 3.8) is 0 Å². The summed E-state index contributed by atoms with van der Waals surface area (Å²) in [5.74, 6) is 0. The molecule has 0 aliphatic carbocycles. The molecule has 0 fully saturated rings. The monoisotopic (exact) mass is 161 g/mol. The van der Waals surface area contributed by atoms with Crippen LogP contribution in [0.2, 0.25) is 0 Å². The van der Waals surface area contributed by atoms with E-state index in [0.29, 0.717) is 0 Å². The number of hydrogen-bond donors (Lipinski definition) is 1. The highest BCUT2D eigenvalue weighted by Crippen LogP contribution is 2.19. The zero-order valence-corrected chi connectivity index (χ0v) is 7.20. The quantitative estimate of drug-likeness (QED) is 0.678. The van der Waals surface area contributed by atoms with Crippen molar-refractivity contribution in [1.29, 1.82) is 0 Å². The normalized spacial score (nSPS) is 10.5. The minimum absolute atomic E-state index is 1.06. The van der Waals surface area contributed by atoms with Gasteiger partial charge in [-0.25, -0.2) is 0 Å². The lowest BCUT2D eigenvalue weighted by atomic mass is 10.2. The molecule has 0 radical (unpaired) electrons. The summed E-state index contributed by atoms with van der Waals surface area (Å²) in [6, 6.07) is 4.03. The van der Waals surface area contributed by atoms with Gasteiger partial charge in [0.25, 0.3) is 0 Å². The van der Waals surface area contributed by atoms with Crippen molar-refractivity contribution < 1.29 is 0 Å². The van der Waals surface area contributed by atoms with E-state index >= 15 is 0 Å². The van der Waals surface area contributed by atoms with Crippen LogP contribution in [0.1, 0.15) is 5.69 Å². The Labute approximate surface area is 71.0 Å². The average molecular weight is 161 g/mol. The first kappa shape index (κ1) is 7.16. The van der Waals surface area contributed by atoms with Gasteiger partial charge >= 0.3 is 0 Å². The summed E-state index contributed by atoms with van der Waals surface area (Å²) in [7, 11) is 1.93. The van der Waals surface area contributed by atoms with Gasteiger partial charge in [-0.05, 0) is 19.1 Å². The van der Waals surface area contributed by atoms with Crippen LogP contribution < -0.4 is 0 Å². The third-order valence-electron chi connectivity index (χ3n) is 1.90. The predicted octanol–water partition coefficient (Wildman–Crippen LogP) is 1.72. The van der Waals surface area contributed by atoms with Crippen LogP contribution in [0.4, 0.5) is 0 Å². The van der Waals surface area contributed by atoms with Crippen molar-refractivity contribution in [1.82, 2.24) is 14.8 Å². The third kappa shape index (κ3) is 1.03. The molecule has 3 heteroatoms. The number of H-pyrrole nitrogens is 1. The molecule has 12 heavy (non-hydrogen) atoms. The Kier molecular flexibility index (Phi) is 1.50. The molecule has 0 saturated heterocycles. The van der Waals surface area contributed by atoms with E-state index in [1.54, 1.807) is 0 Å². The van der Waals surface area contributed by atoms with E-state index in [1.807, 2.05) is 43.2 Å². The molecule has 0 aliphatic heterocycles. The highest BCUT2D eigenvalue weighted by atomic mass is 15.2. The van der Waals surface area contributed by atoms with Gasteiger partial charge in [0.05, 0.1) is 5.69 Å². The second kappa shape index (κ2) is 2.52. The summed E-state index contributed by atoms with van der Waals surface area (Å²) in [5, 5.41) is 4.26. The zero-order valence-electron chi connectivity index (χ0n) is 7.20. The van der Waals surface area contributed by atoms with E-state index in [2.05, 4.69) is 10.1 Å². The van der Waals surface area contributed by atoms with Crippen LogP contribution >= 0.6 is 0 Å². The van der Waals surface area contributed by atoms with Crippen molar-refractivity contribution in [3.8, 4) is 11.3 Å². The van der Waals surface area contributed by atoms with Crippen LogP contribution in [-0.4, -0.2) is 14.8 Å². The lowest BCUT2D eigenvalue weighted by Crippen LogP contribution is -1.86. The summed E-state index contributed by atoms with van der Waals surface area (Å²) in [6.45, 7) is 2.01. The Balaban J connectivity index is 2.54. The smallest absolute Gasteiger partial charge is 0.0686 e. The van der Waals surface area contributed by atoms with Crippen LogP contribution in [0, 0.1) is 6.92 Å². The third-order valence-corrected chi connectivity index (χ3v) is 1.90. The van der Waals surface area contributed by atoms with E-state index < -0.39 is 0 Å². The largest absolute Gasteiger partial charge is 0.361 e. The SMILES string of the molecule is Cc1nn(C)cc1-c1ccc[nH]1. The van der Waals surface area contributed by atoms with Gasteiger partial charge in [-0.15, -0.1) is 0 Å². The summed E-state index contributed by atoms with van der Waals surface area (Å²) in [6.07, 6.45) is 3.93. The summed E-state index contributed by atoms with van der Waals surface area (Å²) in [4.78, 5) is 3.15. The van der Waals surface area contributed by atoms with Crippen molar-refractivity contribution in [2.24, 2.45) is 7.05 Å². The van der Waals surface area contributed by atoms with Gasteiger partial charge < -0.3 is 4.98 Å². The zero-order chi connectivity index (χ0) is 8.55. The van der Waals surface area contributed by atoms with E-state index in [4.69, 9.17) is 0 Å². The Morgan fingerprint density at radius 2 is 2.33 bits per heavy atom. The van der Waals surface area contributed by atoms with Gasteiger partial charge in [0.2, 0.25) is 0 Å². The van der Waals surface area contributed by atoms with Crippen molar-refractivity contribution in [3.05, 3.63) is 30.2 Å². The molecule has 3 nitrogen and oxygen atoms in total. The van der Waals surface area contributed by atoms with Crippen LogP contribution in [0.3, 0.4) is 0 Å². The van der Waals surface area contributed by atoms with Gasteiger partial charge in [0.1, 0.15) is 0 Å². The second-order valence-corrected chi connectivity index (χ2v) is 2.89. The molecule has 2 heterocycles. The van der Waals surface area contributed by atoms with E-state index in [-0.39, 0.29) is 0 Å². The van der Waals surface area contributed by atoms with E-state index in [1.165, 1.54) is 5.56 Å². The van der Waals surface area contributed by atoms with Crippen LogP contribution in [0.15, 0.2) is 24.5 Å². The number of aromatic amines is 1. The maximum Gasteiger partial charge on any atom is 0.0686 e. The molecular weight excluding hydrogens is 150 g/mol. The summed E-state index contributed by atoms with van der Waals surface area (Å²) < 4.78 is 1.82. The number of aryl methyl sites for hydroxylation is 2. The number of nitrogens with zero attached hydrogens (tertiary/aromatic N) is 2. The summed E-state index contributed by atoms with van der Waals surface area (Å²) >= 11 is 0. The van der Waals surface area contributed by atoms with Gasteiger partial charge in [-0.1, -0.05) is 0 Å². The maximum atomic E-state index is 4.26. The molecule has 1 N–H and O–H groups in total. The van der Waals surface area contributed by atoms with Gasteiger partial charge in [-0.3, -0.25) is 4.68 Å². The minimum Gasteiger partial charge on any atom is -0.361 e. The Morgan fingerprint density at radius 3 is 2.83 bits per heavy atom. The number of rotatable bonds is 1. The molecule has 2 aromatic rings. The standard InChI is InChI=1S/C9H11N3/c1-7-8(6-12(2)11-7)9-4-3-5-10-9/h3-6,10H,1-2H3. The molecule has 0 saturated carbocycles. The first-order valence-electron chi connectivity index (χ1n) is 3.91. The molecule has 0 amide bonds. The Bertz CT molecular complexity index is 370. The molecule has 0 aliphatic rings. The molecule has 2 aromatic heterocycles. The fourth-order valence-corrected chi connectivity index (χ4v) is 1.36. The lowest BCUT2D eigenvalue weighted by Gasteiger charge is -1.91. The molecule has 0 spiro atoms. The van der Waals surface area contributed by atoms with Crippen LogP contribution in [0.25, 0.3) is 11.3 Å². The molecular formula is C9H11N3. The molecule has 0 atom stereocenters. The van der Waals surface area contributed by atoms with Crippen LogP contribution in [-0.2, 0) is 7.05 Å². The lowest BCUT2D eigenvalue weighted by molar-refractivity contribution is 0.756. The average Bonchev–Trinajstić information content (AvgIpc) is 2.58. The van der Waals surface area contributed by atoms with Crippen molar-refractivity contribution in [2.45, 2.75) is 6.92 Å². The minimum atomic E-state index is 1.06. The fraction of sp³-hybridized carbons (Fsp3) is 0.222. The van der Waals surface area contributed by atoms with Gasteiger partial charge in [-0.2, -0.15) is 5.10 Å². The molecule has 0 unspecified atom stereocenters. The van der Waals surface area contributed by atoms with E-state index in [0.717, 1.165) is 11.4 Å². The highest BCUT2D eigenvalue weighted by molar-refractivity contribution is 5.60. The maximum absolute atomic E-state index is 4.26. The molecule has 62 valence electrons. The Hall–Kier alpha value is -1.51. The summed E-state index contributed by atoms with van der Waals surface area (Å²) in [5.41, 5.74) is 3.35. The first-order valence-corrected chi connectivity index (χ1v) is 3.91. The van der Waals surface area contributed by atoms with Gasteiger partial charge in [0, 0.05) is 30.7 Å². The molecule has 2 rings (SSSR count). The topological polar surface area (TPSA) is 33.6 Å². The van der Waals surface area contributed by atoms with Crippen molar-refractivity contribution in [2.75, 3.05) is 0 Å². The number of aromatic nitrogens is 3. The first-order chi connectivity index (χ1) is 5.77. The predicted molar refractivity (Wildman–Crippen MR) is 47.7 cm³/mol. The van der Waals surface area contributed by atoms with Gasteiger partial charge in [0.15, 0.2) is 0 Å². The van der Waals surface area contributed by atoms with Crippen molar-refractivity contribution >= 4 is 0 Å². The number of hydrogen-bond acceptors (Lipinski definition) is 1. The Morgan fingerprint density at radius 1 is 1.50 bits per heavy atom. The highest BCUT2D eigenvalue weighted by Gasteiger charge is 2.04.